The van der Waals surface area contributed by atoms with Gasteiger partial charge in [-0.15, -0.1) is 0 Å². The van der Waals surface area contributed by atoms with Gasteiger partial charge in [-0.2, -0.15) is 0 Å². The Morgan fingerprint density at radius 1 is 1.10 bits per heavy atom. The molecule has 0 unspecified atom stereocenters. The number of pyridine rings is 1. The van der Waals surface area contributed by atoms with Crippen molar-refractivity contribution in [1.82, 2.24) is 25.5 Å². The number of nitrogens with one attached hydrogen (secondary N) is 3. The van der Waals surface area contributed by atoms with Crippen molar-refractivity contribution < 1.29 is 0 Å². The van der Waals surface area contributed by atoms with Crippen LogP contribution in [-0.4, -0.2) is 67.6 Å². The van der Waals surface area contributed by atoms with Gasteiger partial charge in [0, 0.05) is 69.6 Å². The second-order valence-electron chi connectivity index (χ2n) is 7.78. The summed E-state index contributed by atoms with van der Waals surface area (Å²) in [7, 11) is 3.97. The number of anilines is 1. The molecule has 1 aliphatic rings. The number of nitrogens with zero attached hydrogens (tertiary/aromatic N) is 4. The molecule has 30 heavy (non-hydrogen) atoms. The Kier molecular flexibility index (Phi) is 6.49. The van der Waals surface area contributed by atoms with Gasteiger partial charge < -0.3 is 25.4 Å². The predicted octanol–water partition coefficient (Wildman–Crippen LogP) is 2.22. The third-order valence-corrected chi connectivity index (χ3v) is 5.68. The minimum absolute atomic E-state index is 0.697. The molecule has 3 heterocycles. The van der Waals surface area contributed by atoms with E-state index in [0.717, 1.165) is 56.5 Å². The largest absolute Gasteiger partial charge is 0.361 e. The molecule has 4 rings (SSSR count). The molecule has 1 aromatic carbocycles. The smallest absolute Gasteiger partial charge is 0.191 e. The maximum absolute atomic E-state index is 4.66. The van der Waals surface area contributed by atoms with Gasteiger partial charge in [-0.05, 0) is 36.7 Å². The minimum atomic E-state index is 0.697. The van der Waals surface area contributed by atoms with E-state index in [1.807, 2.05) is 6.20 Å². The van der Waals surface area contributed by atoms with Gasteiger partial charge in [-0.3, -0.25) is 4.99 Å². The number of rotatable bonds is 6. The van der Waals surface area contributed by atoms with Crippen LogP contribution in [0, 0.1) is 0 Å². The van der Waals surface area contributed by atoms with Crippen LogP contribution in [0.2, 0.25) is 0 Å². The first kappa shape index (κ1) is 20.2. The Balaban J connectivity index is 1.24. The zero-order chi connectivity index (χ0) is 20.8. The van der Waals surface area contributed by atoms with Crippen LogP contribution in [0.3, 0.4) is 0 Å². The van der Waals surface area contributed by atoms with Crippen LogP contribution in [0.1, 0.15) is 11.1 Å². The number of aromatic nitrogens is 2. The molecule has 7 nitrogen and oxygen atoms in total. The van der Waals surface area contributed by atoms with Crippen LogP contribution in [0.15, 0.2) is 53.8 Å². The second kappa shape index (κ2) is 9.63. The SMILES string of the molecule is CN=C(NCCc1c[nH]c2ccccc12)NCc1ccc(N2CCN(C)CC2)nc1. The molecule has 0 radical (unpaired) electrons. The predicted molar refractivity (Wildman–Crippen MR) is 124 cm³/mol. The van der Waals surface area contributed by atoms with Gasteiger partial charge in [-0.25, -0.2) is 4.98 Å². The number of likely N-dealkylation sites (N-methyl/N-ethyl adjacent to an activating group) is 1. The highest BCUT2D eigenvalue weighted by atomic mass is 15.3. The molecule has 0 saturated carbocycles. The maximum Gasteiger partial charge on any atom is 0.191 e. The lowest BCUT2D eigenvalue weighted by atomic mass is 10.1. The number of H-pyrrole nitrogens is 1. The summed E-state index contributed by atoms with van der Waals surface area (Å²) in [5.41, 5.74) is 3.65. The first-order chi connectivity index (χ1) is 14.7. The summed E-state index contributed by atoms with van der Waals surface area (Å²) in [4.78, 5) is 17.0. The van der Waals surface area contributed by atoms with E-state index in [0.29, 0.717) is 6.54 Å². The Labute approximate surface area is 178 Å². The minimum Gasteiger partial charge on any atom is -0.361 e. The summed E-state index contributed by atoms with van der Waals surface area (Å²) in [6, 6.07) is 12.7. The number of piperazine rings is 1. The van der Waals surface area contributed by atoms with Crippen LogP contribution in [0.5, 0.6) is 0 Å². The van der Waals surface area contributed by atoms with E-state index in [-0.39, 0.29) is 0 Å². The molecule has 1 saturated heterocycles. The number of aliphatic imine (C=N–C) groups is 1. The molecule has 7 heteroatoms. The lowest BCUT2D eigenvalue weighted by molar-refractivity contribution is 0.312. The van der Waals surface area contributed by atoms with E-state index in [4.69, 9.17) is 0 Å². The Bertz CT molecular complexity index is 969. The third-order valence-electron chi connectivity index (χ3n) is 5.68. The maximum atomic E-state index is 4.66. The van der Waals surface area contributed by atoms with Crippen LogP contribution in [0.4, 0.5) is 5.82 Å². The molecule has 0 aliphatic carbocycles. The van der Waals surface area contributed by atoms with E-state index in [2.05, 4.69) is 85.0 Å². The Morgan fingerprint density at radius 3 is 2.70 bits per heavy atom. The molecule has 0 amide bonds. The van der Waals surface area contributed by atoms with E-state index in [9.17, 15) is 0 Å². The standard InChI is InChI=1S/C23H31N7/c1-24-23(25-10-9-19-17-26-21-6-4-3-5-20(19)21)28-16-18-7-8-22(27-15-18)30-13-11-29(2)12-14-30/h3-8,15,17,26H,9-14,16H2,1-2H3,(H2,24,25,28). The summed E-state index contributed by atoms with van der Waals surface area (Å²) in [5.74, 6) is 1.87. The molecule has 3 aromatic rings. The van der Waals surface area contributed by atoms with Gasteiger partial charge in [0.25, 0.3) is 0 Å². The van der Waals surface area contributed by atoms with Gasteiger partial charge in [0.1, 0.15) is 5.82 Å². The van der Waals surface area contributed by atoms with Crippen LogP contribution in [-0.2, 0) is 13.0 Å². The van der Waals surface area contributed by atoms with Crippen molar-refractivity contribution in [3.8, 4) is 0 Å². The van der Waals surface area contributed by atoms with Crippen molar-refractivity contribution in [3.05, 3.63) is 59.9 Å². The van der Waals surface area contributed by atoms with Crippen molar-refractivity contribution in [2.45, 2.75) is 13.0 Å². The fourth-order valence-corrected chi connectivity index (χ4v) is 3.80. The quantitative estimate of drug-likeness (QED) is 0.433. The Hall–Kier alpha value is -3.06. The number of fused-ring (bicyclic) bond motifs is 1. The summed E-state index contributed by atoms with van der Waals surface area (Å²) in [6.07, 6.45) is 4.99. The summed E-state index contributed by atoms with van der Waals surface area (Å²) in [5, 5.41) is 8.07. The van der Waals surface area contributed by atoms with E-state index in [1.165, 1.54) is 16.5 Å². The number of benzene rings is 1. The summed E-state index contributed by atoms with van der Waals surface area (Å²) < 4.78 is 0. The molecule has 1 aliphatic heterocycles. The first-order valence-electron chi connectivity index (χ1n) is 10.6. The number of hydrogen-bond acceptors (Lipinski definition) is 4. The number of hydrogen-bond donors (Lipinski definition) is 3. The van der Waals surface area contributed by atoms with Gasteiger partial charge in [-0.1, -0.05) is 24.3 Å². The molecule has 0 atom stereocenters. The molecule has 0 spiro atoms. The van der Waals surface area contributed by atoms with E-state index in [1.54, 1.807) is 7.05 Å². The lowest BCUT2D eigenvalue weighted by Crippen LogP contribution is -2.44. The topological polar surface area (TPSA) is 71.6 Å². The zero-order valence-electron chi connectivity index (χ0n) is 17.9. The average Bonchev–Trinajstić information content (AvgIpc) is 3.20. The first-order valence-corrected chi connectivity index (χ1v) is 10.6. The highest BCUT2D eigenvalue weighted by Crippen LogP contribution is 2.17. The normalized spacial score (nSPS) is 15.5. The molecular weight excluding hydrogens is 374 g/mol. The lowest BCUT2D eigenvalue weighted by Gasteiger charge is -2.33. The average molecular weight is 406 g/mol. The van der Waals surface area contributed by atoms with Gasteiger partial charge in [0.15, 0.2) is 5.96 Å². The van der Waals surface area contributed by atoms with E-state index >= 15 is 0 Å². The van der Waals surface area contributed by atoms with Crippen LogP contribution < -0.4 is 15.5 Å². The zero-order valence-corrected chi connectivity index (χ0v) is 17.9. The van der Waals surface area contributed by atoms with Gasteiger partial charge >= 0.3 is 0 Å². The Morgan fingerprint density at radius 2 is 1.93 bits per heavy atom. The summed E-state index contributed by atoms with van der Waals surface area (Å²) in [6.45, 7) is 5.77. The number of aromatic amines is 1. The second-order valence-corrected chi connectivity index (χ2v) is 7.78. The van der Waals surface area contributed by atoms with Crippen molar-refractivity contribution in [1.29, 1.82) is 0 Å². The van der Waals surface area contributed by atoms with Gasteiger partial charge in [0.2, 0.25) is 0 Å². The molecule has 158 valence electrons. The monoisotopic (exact) mass is 405 g/mol. The van der Waals surface area contributed by atoms with Crippen molar-refractivity contribution >= 4 is 22.7 Å². The molecular formula is C23H31N7. The third kappa shape index (κ3) is 4.91. The van der Waals surface area contributed by atoms with E-state index < -0.39 is 0 Å². The summed E-state index contributed by atoms with van der Waals surface area (Å²) >= 11 is 0. The molecule has 1 fully saturated rings. The molecule has 3 N–H and O–H groups in total. The number of guanidine groups is 1. The van der Waals surface area contributed by atoms with Crippen LogP contribution >= 0.6 is 0 Å². The van der Waals surface area contributed by atoms with Crippen molar-refractivity contribution in [3.63, 3.8) is 0 Å². The number of para-hydroxylation sites is 1. The fraction of sp³-hybridized carbons (Fsp3) is 0.391. The van der Waals surface area contributed by atoms with Crippen molar-refractivity contribution in [2.75, 3.05) is 51.7 Å². The highest BCUT2D eigenvalue weighted by molar-refractivity contribution is 5.83. The molecule has 0 bridgehead atoms. The van der Waals surface area contributed by atoms with Gasteiger partial charge in [0.05, 0.1) is 0 Å². The highest BCUT2D eigenvalue weighted by Gasteiger charge is 2.14. The van der Waals surface area contributed by atoms with Crippen molar-refractivity contribution in [2.24, 2.45) is 4.99 Å². The molecule has 2 aromatic heterocycles. The van der Waals surface area contributed by atoms with Crippen LogP contribution in [0.25, 0.3) is 10.9 Å². The fourth-order valence-electron chi connectivity index (χ4n) is 3.80.